The summed E-state index contributed by atoms with van der Waals surface area (Å²) in [5.41, 5.74) is 10.2. The average Bonchev–Trinajstić information content (AvgIpc) is 2.33. The van der Waals surface area contributed by atoms with Gasteiger partial charge in [0.25, 0.3) is 5.56 Å². The second kappa shape index (κ2) is 4.34. The molecule has 4 N–H and O–H groups in total. The van der Waals surface area contributed by atoms with Crippen molar-refractivity contribution in [1.29, 1.82) is 0 Å². The summed E-state index contributed by atoms with van der Waals surface area (Å²) in [4.78, 5) is 22.8. The van der Waals surface area contributed by atoms with Crippen molar-refractivity contribution in [3.63, 3.8) is 0 Å². The third kappa shape index (κ3) is 2.16. The first kappa shape index (κ1) is 11.3. The minimum absolute atomic E-state index is 0.0149. The topological polar surface area (TPSA) is 104 Å². The van der Waals surface area contributed by atoms with Gasteiger partial charge >= 0.3 is 0 Å². The number of carbonyl (C=O) groups is 1. The fourth-order valence-corrected chi connectivity index (χ4v) is 1.53. The minimum atomic E-state index is -0.915. The van der Waals surface area contributed by atoms with Crippen molar-refractivity contribution in [2.45, 2.75) is 12.6 Å². The van der Waals surface area contributed by atoms with Gasteiger partial charge in [0.2, 0.25) is 5.91 Å². The maximum atomic E-state index is 12.0. The van der Waals surface area contributed by atoms with Crippen LogP contribution in [0.5, 0.6) is 0 Å². The molecule has 0 aliphatic rings. The van der Waals surface area contributed by atoms with E-state index in [1.54, 1.807) is 24.4 Å². The lowest BCUT2D eigenvalue weighted by molar-refractivity contribution is -0.119. The van der Waals surface area contributed by atoms with E-state index in [9.17, 15) is 9.59 Å². The molecule has 6 nitrogen and oxygen atoms in total. The van der Waals surface area contributed by atoms with Crippen LogP contribution in [0.3, 0.4) is 0 Å². The molecule has 0 aliphatic carbocycles. The number of primary amides is 1. The summed E-state index contributed by atoms with van der Waals surface area (Å²) in [6.45, 7) is -0.0149. The molecule has 6 heteroatoms. The number of hydrogen-bond donors (Lipinski definition) is 2. The van der Waals surface area contributed by atoms with Crippen LogP contribution in [0, 0.1) is 0 Å². The highest BCUT2D eigenvalue weighted by atomic mass is 16.1. The van der Waals surface area contributed by atoms with Crippen molar-refractivity contribution in [2.24, 2.45) is 11.5 Å². The molecule has 0 radical (unpaired) electrons. The molecule has 88 valence electrons. The molecule has 0 aliphatic heterocycles. The van der Waals surface area contributed by atoms with E-state index in [4.69, 9.17) is 11.5 Å². The molecule has 0 bridgehead atoms. The lowest BCUT2D eigenvalue weighted by atomic mass is 10.2. The predicted molar refractivity (Wildman–Crippen MR) is 63.2 cm³/mol. The van der Waals surface area contributed by atoms with Crippen molar-refractivity contribution >= 4 is 16.7 Å². The van der Waals surface area contributed by atoms with E-state index in [1.807, 2.05) is 6.07 Å². The molecule has 0 saturated carbocycles. The maximum Gasteiger partial charge on any atom is 0.274 e. The Hall–Kier alpha value is -2.21. The Balaban J connectivity index is 2.46. The van der Waals surface area contributed by atoms with Crippen LogP contribution in [0.25, 0.3) is 10.8 Å². The highest BCUT2D eigenvalue weighted by Gasteiger charge is 2.12. The molecule has 0 saturated heterocycles. The van der Waals surface area contributed by atoms with Crippen LogP contribution in [0.2, 0.25) is 0 Å². The molecule has 0 spiro atoms. The fraction of sp³-hybridized carbons (Fsp3) is 0.182. The number of aromatic nitrogens is 2. The third-order valence-electron chi connectivity index (χ3n) is 2.50. The van der Waals surface area contributed by atoms with Gasteiger partial charge in [0.05, 0.1) is 18.1 Å². The Morgan fingerprint density at radius 1 is 1.41 bits per heavy atom. The van der Waals surface area contributed by atoms with Crippen molar-refractivity contribution < 1.29 is 4.79 Å². The Bertz CT molecular complexity index is 620. The summed E-state index contributed by atoms with van der Waals surface area (Å²) in [6.07, 6.45) is 1.56. The second-order valence-electron chi connectivity index (χ2n) is 3.73. The Labute approximate surface area is 96.8 Å². The number of hydrogen-bond acceptors (Lipinski definition) is 4. The fourth-order valence-electron chi connectivity index (χ4n) is 1.53. The molecular weight excluding hydrogens is 220 g/mol. The van der Waals surface area contributed by atoms with Crippen LogP contribution < -0.4 is 17.0 Å². The van der Waals surface area contributed by atoms with Crippen molar-refractivity contribution in [3.05, 3.63) is 40.8 Å². The normalized spacial score (nSPS) is 12.5. The van der Waals surface area contributed by atoms with Crippen LogP contribution >= 0.6 is 0 Å². The monoisotopic (exact) mass is 232 g/mol. The first-order chi connectivity index (χ1) is 8.09. The number of nitrogens with two attached hydrogens (primary N) is 2. The molecule has 1 amide bonds. The number of amides is 1. The van der Waals surface area contributed by atoms with Crippen LogP contribution in [-0.4, -0.2) is 21.7 Å². The van der Waals surface area contributed by atoms with E-state index >= 15 is 0 Å². The number of rotatable bonds is 3. The van der Waals surface area contributed by atoms with E-state index in [0.717, 1.165) is 10.1 Å². The number of benzene rings is 1. The molecule has 1 unspecified atom stereocenters. The zero-order chi connectivity index (χ0) is 12.4. The summed E-state index contributed by atoms with van der Waals surface area (Å²) in [5.74, 6) is -0.660. The minimum Gasteiger partial charge on any atom is -0.368 e. The summed E-state index contributed by atoms with van der Waals surface area (Å²) >= 11 is 0. The van der Waals surface area contributed by atoms with Gasteiger partial charge in [-0.05, 0) is 6.07 Å². The van der Waals surface area contributed by atoms with Gasteiger partial charge in [-0.25, -0.2) is 4.68 Å². The van der Waals surface area contributed by atoms with Crippen LogP contribution in [0.1, 0.15) is 0 Å². The van der Waals surface area contributed by atoms with E-state index in [2.05, 4.69) is 5.10 Å². The Kier molecular flexibility index (Phi) is 2.88. The smallest absolute Gasteiger partial charge is 0.274 e. The molecule has 1 atom stereocenters. The highest BCUT2D eigenvalue weighted by molar-refractivity contribution is 5.81. The van der Waals surface area contributed by atoms with Gasteiger partial charge in [-0.3, -0.25) is 9.59 Å². The predicted octanol–water partition coefficient (Wildman–Crippen LogP) is -0.791. The van der Waals surface area contributed by atoms with Crippen molar-refractivity contribution in [3.8, 4) is 0 Å². The van der Waals surface area contributed by atoms with Crippen LogP contribution in [0.4, 0.5) is 0 Å². The summed E-state index contributed by atoms with van der Waals surface area (Å²) in [7, 11) is 0. The van der Waals surface area contributed by atoms with Crippen molar-refractivity contribution in [1.82, 2.24) is 9.78 Å². The molecular formula is C11H12N4O2. The van der Waals surface area contributed by atoms with Crippen LogP contribution in [0.15, 0.2) is 35.3 Å². The zero-order valence-corrected chi connectivity index (χ0v) is 9.04. The molecule has 17 heavy (non-hydrogen) atoms. The average molecular weight is 232 g/mol. The van der Waals surface area contributed by atoms with E-state index in [-0.39, 0.29) is 12.1 Å². The Morgan fingerprint density at radius 2 is 2.12 bits per heavy atom. The second-order valence-corrected chi connectivity index (χ2v) is 3.73. The van der Waals surface area contributed by atoms with E-state index < -0.39 is 11.9 Å². The van der Waals surface area contributed by atoms with Gasteiger partial charge in [-0.1, -0.05) is 18.2 Å². The maximum absolute atomic E-state index is 12.0. The van der Waals surface area contributed by atoms with Gasteiger partial charge < -0.3 is 11.5 Å². The third-order valence-corrected chi connectivity index (χ3v) is 2.50. The molecule has 2 rings (SSSR count). The zero-order valence-electron chi connectivity index (χ0n) is 9.04. The largest absolute Gasteiger partial charge is 0.368 e. The Morgan fingerprint density at radius 3 is 2.82 bits per heavy atom. The van der Waals surface area contributed by atoms with Crippen LogP contribution in [-0.2, 0) is 11.3 Å². The molecule has 1 aromatic heterocycles. The van der Waals surface area contributed by atoms with Gasteiger partial charge in [0.1, 0.15) is 6.04 Å². The van der Waals surface area contributed by atoms with Gasteiger partial charge in [0.15, 0.2) is 0 Å². The summed E-state index contributed by atoms with van der Waals surface area (Å²) in [6, 6.07) is 6.17. The molecule has 0 fully saturated rings. The number of nitrogens with zero attached hydrogens (tertiary/aromatic N) is 2. The first-order valence-electron chi connectivity index (χ1n) is 5.09. The molecule has 1 aromatic carbocycles. The van der Waals surface area contributed by atoms with Gasteiger partial charge in [-0.2, -0.15) is 5.10 Å². The van der Waals surface area contributed by atoms with Crippen molar-refractivity contribution in [2.75, 3.05) is 0 Å². The number of carbonyl (C=O) groups excluding carboxylic acids is 1. The molecule has 1 heterocycles. The van der Waals surface area contributed by atoms with E-state index in [1.165, 1.54) is 0 Å². The quantitative estimate of drug-likeness (QED) is 0.723. The number of fused-ring (bicyclic) bond motifs is 1. The SMILES string of the molecule is NC(=O)C(N)Cn1ncc2ccccc2c1=O. The standard InChI is InChI=1S/C11H12N4O2/c12-9(10(13)16)6-15-11(17)8-4-2-1-3-7(8)5-14-15/h1-5,9H,6,12H2,(H2,13,16). The summed E-state index contributed by atoms with van der Waals surface area (Å²) in [5, 5.41) is 5.24. The summed E-state index contributed by atoms with van der Waals surface area (Å²) < 4.78 is 1.15. The first-order valence-corrected chi connectivity index (χ1v) is 5.09. The molecule has 2 aromatic rings. The highest BCUT2D eigenvalue weighted by Crippen LogP contribution is 2.06. The van der Waals surface area contributed by atoms with E-state index in [0.29, 0.717) is 5.39 Å². The lowest BCUT2D eigenvalue weighted by Crippen LogP contribution is -2.42. The van der Waals surface area contributed by atoms with Gasteiger partial charge in [0, 0.05) is 5.39 Å². The van der Waals surface area contributed by atoms with Gasteiger partial charge in [-0.15, -0.1) is 0 Å². The lowest BCUT2D eigenvalue weighted by Gasteiger charge is -2.09.